The Morgan fingerprint density at radius 2 is 1.97 bits per heavy atom. The fraction of sp³-hybridized carbons (Fsp3) is 0.200. The second-order valence-corrected chi connectivity index (χ2v) is 8.60. The molecule has 3 rings (SSSR count). The lowest BCUT2D eigenvalue weighted by atomic mass is 10.1. The van der Waals surface area contributed by atoms with Crippen LogP contribution in [0.5, 0.6) is 0 Å². The van der Waals surface area contributed by atoms with Gasteiger partial charge in [0.15, 0.2) is 0 Å². The van der Waals surface area contributed by atoms with E-state index in [-0.39, 0.29) is 40.5 Å². The van der Waals surface area contributed by atoms with Crippen LogP contribution in [0, 0.1) is 34.2 Å². The number of hydrogen-bond donors (Lipinski definition) is 2. The Balaban J connectivity index is 1.72. The molecule has 1 heterocycles. The number of nitro benzene ring substituents is 1. The van der Waals surface area contributed by atoms with Crippen LogP contribution in [-0.2, 0) is 16.4 Å². The number of halogens is 1. The third-order valence-electron chi connectivity index (χ3n) is 4.80. The summed E-state index contributed by atoms with van der Waals surface area (Å²) in [6.45, 7) is 1.38. The summed E-state index contributed by atoms with van der Waals surface area (Å²) < 4.78 is 42.0. The van der Waals surface area contributed by atoms with Gasteiger partial charge in [0.05, 0.1) is 21.2 Å². The molecule has 10 nitrogen and oxygen atoms in total. The molecule has 1 aromatic heterocycles. The lowest BCUT2D eigenvalue weighted by molar-refractivity contribution is -0.385. The van der Waals surface area contributed by atoms with Gasteiger partial charge in [-0.1, -0.05) is 6.07 Å². The Morgan fingerprint density at radius 1 is 1.28 bits per heavy atom. The number of nitrogens with one attached hydrogen (secondary N) is 1. The van der Waals surface area contributed by atoms with Crippen LogP contribution in [0.1, 0.15) is 23.2 Å². The van der Waals surface area contributed by atoms with Crippen LogP contribution in [0.2, 0.25) is 0 Å². The Labute approximate surface area is 183 Å². The maximum atomic E-state index is 13.2. The standard InChI is InChI=1S/C20H19FN6O4S/c1-13-18(27(28)29)5-2-6-19(13)32(30,31)24-11-3-4-17-16(12-22)20(23)26(25-17)15-9-7-14(21)8-10-15/h2,5-10,24H,3-4,11,23H2,1H3. The summed E-state index contributed by atoms with van der Waals surface area (Å²) in [4.78, 5) is 10.2. The molecule has 3 aromatic rings. The van der Waals surface area contributed by atoms with E-state index in [2.05, 4.69) is 9.82 Å². The van der Waals surface area contributed by atoms with Crippen molar-refractivity contribution in [1.82, 2.24) is 14.5 Å². The van der Waals surface area contributed by atoms with Crippen LogP contribution in [0.3, 0.4) is 0 Å². The summed E-state index contributed by atoms with van der Waals surface area (Å²) in [5.41, 5.74) is 6.78. The van der Waals surface area contributed by atoms with Crippen molar-refractivity contribution in [2.75, 3.05) is 12.3 Å². The lowest BCUT2D eigenvalue weighted by Gasteiger charge is -2.09. The highest BCUT2D eigenvalue weighted by Crippen LogP contribution is 2.25. The first-order valence-corrected chi connectivity index (χ1v) is 10.9. The molecule has 0 aliphatic rings. The van der Waals surface area contributed by atoms with Gasteiger partial charge in [-0.3, -0.25) is 10.1 Å². The zero-order valence-corrected chi connectivity index (χ0v) is 17.8. The Hall–Kier alpha value is -3.82. The number of aromatic nitrogens is 2. The number of anilines is 1. The number of benzene rings is 2. The summed E-state index contributed by atoms with van der Waals surface area (Å²) in [5.74, 6) is -0.326. The topological polar surface area (TPSA) is 157 Å². The van der Waals surface area contributed by atoms with Crippen molar-refractivity contribution >= 4 is 21.5 Å². The molecule has 0 amide bonds. The molecular weight excluding hydrogens is 439 g/mol. The Bertz CT molecular complexity index is 1310. The molecule has 0 atom stereocenters. The molecule has 0 saturated carbocycles. The van der Waals surface area contributed by atoms with Crippen molar-refractivity contribution in [2.45, 2.75) is 24.7 Å². The molecule has 0 aliphatic heterocycles. The predicted octanol–water partition coefficient (Wildman–Crippen LogP) is 2.59. The van der Waals surface area contributed by atoms with Crippen LogP contribution in [-0.4, -0.2) is 29.7 Å². The van der Waals surface area contributed by atoms with Gasteiger partial charge in [0.25, 0.3) is 5.69 Å². The number of rotatable bonds is 8. The minimum absolute atomic E-state index is 0.0125. The maximum absolute atomic E-state index is 13.2. The minimum atomic E-state index is -3.97. The van der Waals surface area contributed by atoms with Crippen LogP contribution < -0.4 is 10.5 Å². The molecule has 0 bridgehead atoms. The second kappa shape index (κ2) is 9.13. The molecular formula is C20H19FN6O4S. The molecule has 0 fully saturated rings. The summed E-state index contributed by atoms with van der Waals surface area (Å²) in [7, 11) is -3.97. The normalized spacial score (nSPS) is 11.3. The van der Waals surface area contributed by atoms with Gasteiger partial charge in [-0.25, -0.2) is 22.2 Å². The van der Waals surface area contributed by atoms with E-state index in [0.29, 0.717) is 17.8 Å². The highest BCUT2D eigenvalue weighted by molar-refractivity contribution is 7.89. The number of hydrogen-bond acceptors (Lipinski definition) is 7. The molecule has 166 valence electrons. The Morgan fingerprint density at radius 3 is 2.59 bits per heavy atom. The second-order valence-electron chi connectivity index (χ2n) is 6.87. The number of nitrogens with zero attached hydrogens (tertiary/aromatic N) is 4. The molecule has 0 spiro atoms. The van der Waals surface area contributed by atoms with Crippen LogP contribution in [0.15, 0.2) is 47.4 Å². The highest BCUT2D eigenvalue weighted by Gasteiger charge is 2.23. The average molecular weight is 458 g/mol. The van der Waals surface area contributed by atoms with Crippen LogP contribution >= 0.6 is 0 Å². The van der Waals surface area contributed by atoms with Gasteiger partial charge in [0.1, 0.15) is 23.3 Å². The van der Waals surface area contributed by atoms with Gasteiger partial charge in [0.2, 0.25) is 10.0 Å². The fourth-order valence-electron chi connectivity index (χ4n) is 3.19. The minimum Gasteiger partial charge on any atom is -0.382 e. The van der Waals surface area contributed by atoms with E-state index in [9.17, 15) is 28.2 Å². The summed E-state index contributed by atoms with van der Waals surface area (Å²) in [5, 5.41) is 24.8. The number of nitrogens with two attached hydrogens (primary N) is 1. The predicted molar refractivity (Wildman–Crippen MR) is 114 cm³/mol. The van der Waals surface area contributed by atoms with Gasteiger partial charge in [-0.2, -0.15) is 10.4 Å². The number of sulfonamides is 1. The molecule has 0 aliphatic carbocycles. The third kappa shape index (κ3) is 4.58. The number of aryl methyl sites for hydroxylation is 1. The first-order chi connectivity index (χ1) is 15.2. The number of nitro groups is 1. The van der Waals surface area contributed by atoms with E-state index < -0.39 is 20.8 Å². The zero-order valence-electron chi connectivity index (χ0n) is 16.9. The monoisotopic (exact) mass is 458 g/mol. The van der Waals surface area contributed by atoms with Crippen LogP contribution in [0.25, 0.3) is 5.69 Å². The van der Waals surface area contributed by atoms with Gasteiger partial charge < -0.3 is 5.73 Å². The van der Waals surface area contributed by atoms with E-state index >= 15 is 0 Å². The van der Waals surface area contributed by atoms with E-state index in [1.54, 1.807) is 0 Å². The number of nitrogen functional groups attached to an aromatic ring is 1. The van der Waals surface area contributed by atoms with E-state index in [4.69, 9.17) is 5.73 Å². The van der Waals surface area contributed by atoms with E-state index in [1.807, 2.05) is 6.07 Å². The largest absolute Gasteiger partial charge is 0.382 e. The van der Waals surface area contributed by atoms with Crippen molar-refractivity contribution in [3.63, 3.8) is 0 Å². The maximum Gasteiger partial charge on any atom is 0.273 e. The molecule has 2 aromatic carbocycles. The van der Waals surface area contributed by atoms with Crippen molar-refractivity contribution in [3.05, 3.63) is 75.2 Å². The fourth-order valence-corrected chi connectivity index (χ4v) is 4.52. The zero-order chi connectivity index (χ0) is 23.5. The van der Waals surface area contributed by atoms with Crippen molar-refractivity contribution in [1.29, 1.82) is 5.26 Å². The lowest BCUT2D eigenvalue weighted by Crippen LogP contribution is -2.26. The highest BCUT2D eigenvalue weighted by atomic mass is 32.2. The number of nitriles is 1. The molecule has 0 radical (unpaired) electrons. The van der Waals surface area contributed by atoms with Gasteiger partial charge >= 0.3 is 0 Å². The molecule has 12 heteroatoms. The Kier molecular flexibility index (Phi) is 6.52. The molecule has 3 N–H and O–H groups in total. The van der Waals surface area contributed by atoms with Crippen molar-refractivity contribution < 1.29 is 17.7 Å². The van der Waals surface area contributed by atoms with Gasteiger partial charge in [0, 0.05) is 18.2 Å². The van der Waals surface area contributed by atoms with Gasteiger partial charge in [-0.05, 0) is 50.1 Å². The summed E-state index contributed by atoms with van der Waals surface area (Å²) in [6.07, 6.45) is 0.541. The molecule has 32 heavy (non-hydrogen) atoms. The van der Waals surface area contributed by atoms with E-state index in [0.717, 1.165) is 0 Å². The quantitative estimate of drug-likeness (QED) is 0.298. The van der Waals surface area contributed by atoms with E-state index in [1.165, 1.54) is 54.1 Å². The SMILES string of the molecule is Cc1c([N+](=O)[O-])cccc1S(=O)(=O)NCCCc1nn(-c2ccc(F)cc2)c(N)c1C#N. The first-order valence-electron chi connectivity index (χ1n) is 9.42. The first kappa shape index (κ1) is 22.9. The van der Waals surface area contributed by atoms with Crippen LogP contribution in [0.4, 0.5) is 15.9 Å². The van der Waals surface area contributed by atoms with Gasteiger partial charge in [-0.15, -0.1) is 0 Å². The average Bonchev–Trinajstić information content (AvgIpc) is 3.06. The summed E-state index contributed by atoms with van der Waals surface area (Å²) in [6, 6.07) is 11.3. The smallest absolute Gasteiger partial charge is 0.273 e. The third-order valence-corrected chi connectivity index (χ3v) is 6.41. The molecule has 0 saturated heterocycles. The van der Waals surface area contributed by atoms with Crippen molar-refractivity contribution in [3.8, 4) is 11.8 Å². The van der Waals surface area contributed by atoms with Crippen molar-refractivity contribution in [2.24, 2.45) is 0 Å². The molecule has 0 unspecified atom stereocenters. The summed E-state index contributed by atoms with van der Waals surface area (Å²) >= 11 is 0.